The molecule has 12 heavy (non-hydrogen) atoms. The normalized spacial score (nSPS) is 9.92. The summed E-state index contributed by atoms with van der Waals surface area (Å²) < 4.78 is 0. The van der Waals surface area contributed by atoms with Gasteiger partial charge < -0.3 is 16.8 Å². The lowest BCUT2D eigenvalue weighted by molar-refractivity contribution is 0.807. The lowest BCUT2D eigenvalue weighted by Crippen LogP contribution is -2.12. The van der Waals surface area contributed by atoms with Crippen molar-refractivity contribution in [2.75, 3.05) is 12.4 Å². The van der Waals surface area contributed by atoms with Crippen LogP contribution in [0.1, 0.15) is 11.6 Å². The molecule has 66 valence electrons. The summed E-state index contributed by atoms with van der Waals surface area (Å²) in [5.41, 5.74) is 10.8. The summed E-state index contributed by atoms with van der Waals surface area (Å²) in [5, 5.41) is 2.80. The van der Waals surface area contributed by atoms with Crippen LogP contribution in [0.3, 0.4) is 0 Å². The molecule has 0 atom stereocenters. The molecule has 0 fully saturated rings. The fraction of sp³-hybridized carbons (Fsp3) is 0.500. The molecule has 0 aliphatic carbocycles. The van der Waals surface area contributed by atoms with Crippen LogP contribution >= 0.6 is 0 Å². The maximum Gasteiger partial charge on any atom is 0.226 e. The van der Waals surface area contributed by atoms with E-state index >= 15 is 0 Å². The molecule has 6 nitrogen and oxygen atoms in total. The average molecular weight is 168 g/mol. The standard InChI is InChI=1S/C6H12N6/c1-9-6-11-4(2-7)10-5(3-8)12-6/h2-3,7-8H2,1H3,(H,9,10,11,12). The van der Waals surface area contributed by atoms with Gasteiger partial charge in [0, 0.05) is 7.05 Å². The van der Waals surface area contributed by atoms with Crippen LogP contribution in [-0.4, -0.2) is 22.0 Å². The number of nitrogens with two attached hydrogens (primary N) is 2. The van der Waals surface area contributed by atoms with Crippen LogP contribution in [0.2, 0.25) is 0 Å². The van der Waals surface area contributed by atoms with E-state index in [2.05, 4.69) is 20.3 Å². The van der Waals surface area contributed by atoms with Gasteiger partial charge in [0.25, 0.3) is 0 Å². The van der Waals surface area contributed by atoms with Crippen LogP contribution in [0, 0.1) is 0 Å². The number of nitrogens with zero attached hydrogens (tertiary/aromatic N) is 3. The van der Waals surface area contributed by atoms with Crippen molar-refractivity contribution in [2.24, 2.45) is 11.5 Å². The Morgan fingerprint density at radius 2 is 1.58 bits per heavy atom. The summed E-state index contributed by atoms with van der Waals surface area (Å²) in [6.45, 7) is 0.592. The predicted octanol–water partition coefficient (Wildman–Crippen LogP) is -1.17. The summed E-state index contributed by atoms with van der Waals surface area (Å²) in [6, 6.07) is 0. The first-order valence-corrected chi connectivity index (χ1v) is 3.62. The van der Waals surface area contributed by atoms with Crippen LogP contribution in [0.5, 0.6) is 0 Å². The molecule has 0 amide bonds. The Morgan fingerprint density at radius 1 is 1.08 bits per heavy atom. The Labute approximate surface area is 70.4 Å². The molecule has 0 radical (unpaired) electrons. The van der Waals surface area contributed by atoms with E-state index in [0.717, 1.165) is 0 Å². The molecule has 1 heterocycles. The molecule has 0 bridgehead atoms. The maximum atomic E-state index is 5.38. The minimum absolute atomic E-state index is 0.296. The van der Waals surface area contributed by atoms with E-state index in [1.54, 1.807) is 7.05 Å². The summed E-state index contributed by atoms with van der Waals surface area (Å²) in [5.74, 6) is 1.61. The Hall–Kier alpha value is -1.27. The van der Waals surface area contributed by atoms with Crippen LogP contribution in [0.4, 0.5) is 5.95 Å². The largest absolute Gasteiger partial charge is 0.357 e. The molecule has 5 N–H and O–H groups in total. The number of rotatable bonds is 3. The highest BCUT2D eigenvalue weighted by molar-refractivity contribution is 5.22. The minimum Gasteiger partial charge on any atom is -0.357 e. The zero-order valence-corrected chi connectivity index (χ0v) is 6.91. The molecule has 0 aliphatic heterocycles. The van der Waals surface area contributed by atoms with Crippen molar-refractivity contribution in [3.8, 4) is 0 Å². The van der Waals surface area contributed by atoms with E-state index < -0.39 is 0 Å². The highest BCUT2D eigenvalue weighted by Gasteiger charge is 2.01. The first-order chi connectivity index (χ1) is 5.80. The van der Waals surface area contributed by atoms with Gasteiger partial charge >= 0.3 is 0 Å². The van der Waals surface area contributed by atoms with Gasteiger partial charge in [-0.15, -0.1) is 0 Å². The molecule has 6 heteroatoms. The van der Waals surface area contributed by atoms with Gasteiger partial charge in [0.1, 0.15) is 11.6 Å². The Balaban J connectivity index is 3.01. The van der Waals surface area contributed by atoms with Crippen LogP contribution in [0.25, 0.3) is 0 Å². The van der Waals surface area contributed by atoms with Crippen molar-refractivity contribution in [3.63, 3.8) is 0 Å². The highest BCUT2D eigenvalue weighted by Crippen LogP contribution is 1.98. The van der Waals surface area contributed by atoms with Gasteiger partial charge in [-0.2, -0.15) is 9.97 Å². The first-order valence-electron chi connectivity index (χ1n) is 3.62. The zero-order chi connectivity index (χ0) is 8.97. The molecule has 1 rings (SSSR count). The second-order valence-electron chi connectivity index (χ2n) is 2.15. The van der Waals surface area contributed by atoms with Crippen LogP contribution < -0.4 is 16.8 Å². The van der Waals surface area contributed by atoms with Crippen LogP contribution in [-0.2, 0) is 13.1 Å². The molecule has 1 aromatic heterocycles. The number of nitrogens with one attached hydrogen (secondary N) is 1. The quantitative estimate of drug-likeness (QED) is 0.525. The van der Waals surface area contributed by atoms with Crippen molar-refractivity contribution in [1.29, 1.82) is 0 Å². The van der Waals surface area contributed by atoms with Gasteiger partial charge in [-0.1, -0.05) is 0 Å². The second kappa shape index (κ2) is 3.93. The second-order valence-corrected chi connectivity index (χ2v) is 2.15. The van der Waals surface area contributed by atoms with Crippen molar-refractivity contribution in [1.82, 2.24) is 15.0 Å². The molecule has 0 aliphatic rings. The third-order valence-electron chi connectivity index (χ3n) is 1.32. The third-order valence-corrected chi connectivity index (χ3v) is 1.32. The van der Waals surface area contributed by atoms with E-state index in [-0.39, 0.29) is 0 Å². The van der Waals surface area contributed by atoms with E-state index in [0.29, 0.717) is 30.7 Å². The number of aromatic nitrogens is 3. The van der Waals surface area contributed by atoms with Gasteiger partial charge in [0.05, 0.1) is 13.1 Å². The number of hydrogen-bond donors (Lipinski definition) is 3. The molecule has 0 saturated carbocycles. The molecule has 0 unspecified atom stereocenters. The van der Waals surface area contributed by atoms with E-state index in [1.165, 1.54) is 0 Å². The third kappa shape index (κ3) is 1.86. The number of anilines is 1. The minimum atomic E-state index is 0.296. The topological polar surface area (TPSA) is 103 Å². The SMILES string of the molecule is CNc1nc(CN)nc(CN)n1. The fourth-order valence-corrected chi connectivity index (χ4v) is 0.763. The Bertz CT molecular complexity index is 205. The molecule has 1 aromatic rings. The molecular formula is C6H12N6. The summed E-state index contributed by atoms with van der Waals surface area (Å²) in [7, 11) is 1.73. The highest BCUT2D eigenvalue weighted by atomic mass is 15.2. The van der Waals surface area contributed by atoms with Gasteiger partial charge in [-0.05, 0) is 0 Å². The summed E-state index contributed by atoms with van der Waals surface area (Å²) >= 11 is 0. The predicted molar refractivity (Wildman–Crippen MR) is 45.2 cm³/mol. The van der Waals surface area contributed by atoms with Crippen molar-refractivity contribution >= 4 is 5.95 Å². The van der Waals surface area contributed by atoms with Gasteiger partial charge in [0.15, 0.2) is 0 Å². The molecule has 0 saturated heterocycles. The fourth-order valence-electron chi connectivity index (χ4n) is 0.763. The molecular weight excluding hydrogens is 156 g/mol. The van der Waals surface area contributed by atoms with E-state index in [9.17, 15) is 0 Å². The van der Waals surface area contributed by atoms with Crippen molar-refractivity contribution < 1.29 is 0 Å². The van der Waals surface area contributed by atoms with E-state index in [1.807, 2.05) is 0 Å². The monoisotopic (exact) mass is 168 g/mol. The molecule has 0 aromatic carbocycles. The molecule has 0 spiro atoms. The average Bonchev–Trinajstić information content (AvgIpc) is 2.16. The zero-order valence-electron chi connectivity index (χ0n) is 6.91. The van der Waals surface area contributed by atoms with Crippen molar-refractivity contribution in [2.45, 2.75) is 13.1 Å². The number of hydrogen-bond acceptors (Lipinski definition) is 6. The van der Waals surface area contributed by atoms with Gasteiger partial charge in [-0.25, -0.2) is 4.98 Å². The Kier molecular flexibility index (Phi) is 2.89. The first kappa shape index (κ1) is 8.82. The Morgan fingerprint density at radius 3 is 1.92 bits per heavy atom. The van der Waals surface area contributed by atoms with Crippen molar-refractivity contribution in [3.05, 3.63) is 11.6 Å². The van der Waals surface area contributed by atoms with E-state index in [4.69, 9.17) is 11.5 Å². The smallest absolute Gasteiger partial charge is 0.226 e. The maximum absolute atomic E-state index is 5.38. The lowest BCUT2D eigenvalue weighted by Gasteiger charge is -2.02. The van der Waals surface area contributed by atoms with Crippen LogP contribution in [0.15, 0.2) is 0 Å². The summed E-state index contributed by atoms with van der Waals surface area (Å²) in [6.07, 6.45) is 0. The van der Waals surface area contributed by atoms with Gasteiger partial charge in [0.2, 0.25) is 5.95 Å². The summed E-state index contributed by atoms with van der Waals surface area (Å²) in [4.78, 5) is 12.0. The lowest BCUT2D eigenvalue weighted by atomic mass is 10.5. The van der Waals surface area contributed by atoms with Gasteiger partial charge in [-0.3, -0.25) is 0 Å².